The fourth-order valence-corrected chi connectivity index (χ4v) is 1.09. The fraction of sp³-hybridized carbons (Fsp3) is 1.00. The highest BCUT2D eigenvalue weighted by Gasteiger charge is 1.84. The number of alkyl halides is 1. The van der Waals surface area contributed by atoms with Gasteiger partial charge in [-0.2, -0.15) is 0 Å². The molecule has 0 unspecified atom stereocenters. The summed E-state index contributed by atoms with van der Waals surface area (Å²) in [5.41, 5.74) is 0. The quantitative estimate of drug-likeness (QED) is 0.450. The first-order valence-corrected chi connectivity index (χ1v) is 4.60. The Morgan fingerprint density at radius 2 is 2.00 bits per heavy atom. The summed E-state index contributed by atoms with van der Waals surface area (Å²) in [4.78, 5) is 0. The SMILES string of the molecule is CCCCCC[14CH2]Br. The van der Waals surface area contributed by atoms with Gasteiger partial charge in [-0.1, -0.05) is 48.5 Å². The zero-order valence-corrected chi connectivity index (χ0v) is 7.21. The molecule has 0 atom stereocenters. The second kappa shape index (κ2) is 7.48. The summed E-state index contributed by atoms with van der Waals surface area (Å²) in [6, 6.07) is 0. The summed E-state index contributed by atoms with van der Waals surface area (Å²) < 4.78 is 0. The predicted octanol–water partition coefficient (Wildman–Crippen LogP) is 3.35. The Morgan fingerprint density at radius 1 is 1.25 bits per heavy atom. The Morgan fingerprint density at radius 3 is 2.50 bits per heavy atom. The molecule has 0 aromatic rings. The van der Waals surface area contributed by atoms with E-state index in [4.69, 9.17) is 0 Å². The molecule has 0 aromatic heterocycles. The monoisotopic (exact) mass is 180 g/mol. The number of hydrogen-bond donors (Lipinski definition) is 0. The van der Waals surface area contributed by atoms with Crippen molar-refractivity contribution >= 4 is 15.9 Å². The van der Waals surface area contributed by atoms with Crippen LogP contribution in [0.1, 0.15) is 39.0 Å². The first-order valence-electron chi connectivity index (χ1n) is 3.47. The van der Waals surface area contributed by atoms with Crippen molar-refractivity contribution in [3.8, 4) is 0 Å². The Kier molecular flexibility index (Phi) is 7.93. The molecule has 0 fully saturated rings. The van der Waals surface area contributed by atoms with Gasteiger partial charge in [0.2, 0.25) is 0 Å². The summed E-state index contributed by atoms with van der Waals surface area (Å²) in [6.07, 6.45) is 6.93. The van der Waals surface area contributed by atoms with Gasteiger partial charge in [0.25, 0.3) is 0 Å². The molecule has 0 heterocycles. The van der Waals surface area contributed by atoms with Crippen LogP contribution in [-0.2, 0) is 0 Å². The van der Waals surface area contributed by atoms with Gasteiger partial charge >= 0.3 is 0 Å². The van der Waals surface area contributed by atoms with Gasteiger partial charge in [0.1, 0.15) is 0 Å². The van der Waals surface area contributed by atoms with Gasteiger partial charge in [0.05, 0.1) is 0 Å². The van der Waals surface area contributed by atoms with E-state index in [1.54, 1.807) is 0 Å². The Bertz CT molecular complexity index is 29.4. The lowest BCUT2D eigenvalue weighted by Crippen LogP contribution is -1.76. The van der Waals surface area contributed by atoms with Gasteiger partial charge in [0.15, 0.2) is 0 Å². The lowest BCUT2D eigenvalue weighted by Gasteiger charge is -1.93. The summed E-state index contributed by atoms with van der Waals surface area (Å²) in [7, 11) is 0. The van der Waals surface area contributed by atoms with Crippen LogP contribution in [0.2, 0.25) is 0 Å². The van der Waals surface area contributed by atoms with Crippen molar-refractivity contribution in [1.82, 2.24) is 0 Å². The normalized spacial score (nSPS) is 9.75. The van der Waals surface area contributed by atoms with Crippen molar-refractivity contribution in [1.29, 1.82) is 0 Å². The van der Waals surface area contributed by atoms with E-state index in [1.807, 2.05) is 0 Å². The molecule has 0 aliphatic rings. The predicted molar refractivity (Wildman–Crippen MR) is 42.6 cm³/mol. The molecule has 0 amide bonds. The van der Waals surface area contributed by atoms with E-state index >= 15 is 0 Å². The van der Waals surface area contributed by atoms with E-state index in [2.05, 4.69) is 22.9 Å². The van der Waals surface area contributed by atoms with Crippen LogP contribution in [0.4, 0.5) is 0 Å². The van der Waals surface area contributed by atoms with Gasteiger partial charge in [0, 0.05) is 5.33 Å². The van der Waals surface area contributed by atoms with Gasteiger partial charge < -0.3 is 0 Å². The molecule has 0 radical (unpaired) electrons. The fourth-order valence-electron chi connectivity index (χ4n) is 0.698. The Labute approximate surface area is 60.8 Å². The summed E-state index contributed by atoms with van der Waals surface area (Å²) in [5, 5.41) is 1.18. The lowest BCUT2D eigenvalue weighted by atomic mass is 10.2. The Hall–Kier alpha value is 0.480. The molecular formula is C7H15Br. The minimum atomic E-state index is 1.18. The second-order valence-electron chi connectivity index (χ2n) is 2.10. The van der Waals surface area contributed by atoms with Crippen LogP contribution >= 0.6 is 15.9 Å². The minimum absolute atomic E-state index is 1.18. The minimum Gasteiger partial charge on any atom is -0.0928 e. The first kappa shape index (κ1) is 8.48. The molecule has 0 aliphatic carbocycles. The molecule has 0 rings (SSSR count). The highest BCUT2D eigenvalue weighted by molar-refractivity contribution is 9.09. The molecule has 0 N–H and O–H groups in total. The van der Waals surface area contributed by atoms with Gasteiger partial charge in [-0.05, 0) is 6.42 Å². The smallest absolute Gasteiger partial charge is 0.00313 e. The lowest BCUT2D eigenvalue weighted by molar-refractivity contribution is 0.660. The van der Waals surface area contributed by atoms with Gasteiger partial charge in [-0.15, -0.1) is 0 Å². The number of unbranched alkanes of at least 4 members (excludes halogenated alkanes) is 4. The zero-order valence-electron chi connectivity index (χ0n) is 5.62. The van der Waals surface area contributed by atoms with E-state index in [0.717, 1.165) is 0 Å². The van der Waals surface area contributed by atoms with E-state index < -0.39 is 0 Å². The first-order chi connectivity index (χ1) is 3.91. The van der Waals surface area contributed by atoms with Crippen LogP contribution in [0.15, 0.2) is 0 Å². The molecule has 0 nitrogen and oxygen atoms in total. The molecule has 0 saturated heterocycles. The van der Waals surface area contributed by atoms with Crippen molar-refractivity contribution in [3.63, 3.8) is 0 Å². The van der Waals surface area contributed by atoms with Crippen molar-refractivity contribution in [3.05, 3.63) is 0 Å². The average molecular weight is 181 g/mol. The van der Waals surface area contributed by atoms with Crippen LogP contribution < -0.4 is 0 Å². The maximum Gasteiger partial charge on any atom is 0.00313 e. The zero-order chi connectivity index (χ0) is 6.24. The van der Waals surface area contributed by atoms with Crippen LogP contribution in [0, 0.1) is 0 Å². The van der Waals surface area contributed by atoms with Crippen molar-refractivity contribution < 1.29 is 0 Å². The maximum absolute atomic E-state index is 3.40. The van der Waals surface area contributed by atoms with E-state index in [-0.39, 0.29) is 0 Å². The second-order valence-corrected chi connectivity index (χ2v) is 2.90. The van der Waals surface area contributed by atoms with Crippen LogP contribution in [0.25, 0.3) is 0 Å². The van der Waals surface area contributed by atoms with Gasteiger partial charge in [-0.25, -0.2) is 0 Å². The van der Waals surface area contributed by atoms with Crippen LogP contribution in [0.3, 0.4) is 0 Å². The summed E-state index contributed by atoms with van der Waals surface area (Å²) in [6.45, 7) is 2.24. The molecule has 1 heteroatoms. The number of halogens is 1. The third-order valence-electron chi connectivity index (χ3n) is 1.24. The Balaban J connectivity index is 2.53. The van der Waals surface area contributed by atoms with Crippen LogP contribution in [0.5, 0.6) is 0 Å². The number of hydrogen-bond acceptors (Lipinski definition) is 0. The maximum atomic E-state index is 3.40. The summed E-state index contributed by atoms with van der Waals surface area (Å²) >= 11 is 3.40. The highest BCUT2D eigenvalue weighted by Crippen LogP contribution is 2.03. The molecule has 0 saturated carbocycles. The third kappa shape index (κ3) is 6.48. The van der Waals surface area contributed by atoms with E-state index in [0.29, 0.717) is 0 Å². The molecule has 0 spiro atoms. The van der Waals surface area contributed by atoms with Crippen molar-refractivity contribution in [2.24, 2.45) is 0 Å². The molecule has 0 aromatic carbocycles. The van der Waals surface area contributed by atoms with Crippen molar-refractivity contribution in [2.75, 3.05) is 5.33 Å². The summed E-state index contributed by atoms with van der Waals surface area (Å²) in [5.74, 6) is 0. The van der Waals surface area contributed by atoms with Gasteiger partial charge in [-0.3, -0.25) is 0 Å². The van der Waals surface area contributed by atoms with Crippen molar-refractivity contribution in [2.45, 2.75) is 39.0 Å². The standard InChI is InChI=1S/C7H15Br/c1-2-3-4-5-6-7-8/h2-7H2,1H3/i7+2. The number of rotatable bonds is 5. The molecule has 50 valence electrons. The average Bonchev–Trinajstić information content (AvgIpc) is 1.81. The molecule has 0 bridgehead atoms. The molecular weight excluding hydrogens is 166 g/mol. The topological polar surface area (TPSA) is 0 Å². The van der Waals surface area contributed by atoms with Crippen LogP contribution in [-0.4, -0.2) is 5.33 Å². The van der Waals surface area contributed by atoms with E-state index in [1.165, 1.54) is 37.4 Å². The largest absolute Gasteiger partial charge is 0.0928 e. The van der Waals surface area contributed by atoms with E-state index in [9.17, 15) is 0 Å². The molecule has 8 heavy (non-hydrogen) atoms. The third-order valence-corrected chi connectivity index (χ3v) is 1.80. The molecule has 0 aliphatic heterocycles. The highest BCUT2D eigenvalue weighted by atomic mass is 79.9.